The predicted octanol–water partition coefficient (Wildman–Crippen LogP) is 4.00. The molecule has 0 bridgehead atoms. The number of aromatic nitrogens is 2. The van der Waals surface area contributed by atoms with Crippen LogP contribution in [0, 0.1) is 0 Å². The topological polar surface area (TPSA) is 104 Å². The van der Waals surface area contributed by atoms with Crippen LogP contribution in [-0.4, -0.2) is 72.7 Å². The predicted molar refractivity (Wildman–Crippen MR) is 125 cm³/mol. The molecule has 2 aliphatic rings. The smallest absolute Gasteiger partial charge is 0.437 e. The monoisotopic (exact) mass is 510 g/mol. The lowest BCUT2D eigenvalue weighted by Crippen LogP contribution is -2.49. The normalized spacial score (nSPS) is 17.1. The third-order valence-corrected chi connectivity index (χ3v) is 6.10. The molecule has 0 unspecified atom stereocenters. The Morgan fingerprint density at radius 2 is 1.72 bits per heavy atom. The number of alkyl halides is 3. The van der Waals surface area contributed by atoms with E-state index in [1.807, 2.05) is 4.90 Å². The summed E-state index contributed by atoms with van der Waals surface area (Å²) in [6.07, 6.45) is -0.213. The van der Waals surface area contributed by atoms with Gasteiger partial charge < -0.3 is 29.2 Å². The van der Waals surface area contributed by atoms with Gasteiger partial charge in [0, 0.05) is 39.3 Å². The third-order valence-electron chi connectivity index (χ3n) is 6.10. The van der Waals surface area contributed by atoms with Gasteiger partial charge in [-0.15, -0.1) is 0 Å². The zero-order valence-electron chi connectivity index (χ0n) is 20.0. The summed E-state index contributed by atoms with van der Waals surface area (Å²) in [6, 6.07) is 3.02. The van der Waals surface area contributed by atoms with Gasteiger partial charge in [0.15, 0.2) is 5.69 Å². The number of piperazine rings is 1. The molecule has 0 saturated carbocycles. The van der Waals surface area contributed by atoms with Crippen molar-refractivity contribution >= 4 is 29.5 Å². The number of pyridine rings is 1. The van der Waals surface area contributed by atoms with E-state index in [0.717, 1.165) is 25.7 Å². The van der Waals surface area contributed by atoms with Crippen molar-refractivity contribution in [2.75, 3.05) is 61.0 Å². The first-order valence-corrected chi connectivity index (χ1v) is 12.0. The van der Waals surface area contributed by atoms with Crippen molar-refractivity contribution < 1.29 is 31.9 Å². The van der Waals surface area contributed by atoms with E-state index in [9.17, 15) is 22.8 Å². The van der Waals surface area contributed by atoms with Gasteiger partial charge in [-0.05, 0) is 31.9 Å². The van der Waals surface area contributed by atoms with E-state index in [-0.39, 0.29) is 17.8 Å². The molecule has 2 saturated heterocycles. The fourth-order valence-electron chi connectivity index (χ4n) is 4.22. The molecule has 0 radical (unpaired) electrons. The molecule has 1 N–H and O–H groups in total. The molecule has 36 heavy (non-hydrogen) atoms. The Morgan fingerprint density at radius 3 is 2.31 bits per heavy atom. The molecule has 0 aliphatic carbocycles. The quantitative estimate of drug-likeness (QED) is 0.644. The lowest BCUT2D eigenvalue weighted by atomic mass is 10.2. The lowest BCUT2D eigenvalue weighted by molar-refractivity contribution is -0.141. The summed E-state index contributed by atoms with van der Waals surface area (Å²) in [5, 5.41) is 2.42. The van der Waals surface area contributed by atoms with Crippen molar-refractivity contribution in [1.82, 2.24) is 14.9 Å². The van der Waals surface area contributed by atoms with Crippen LogP contribution in [-0.2, 0) is 10.9 Å². The molecule has 2 aromatic heterocycles. The van der Waals surface area contributed by atoms with E-state index in [1.54, 1.807) is 28.9 Å². The minimum absolute atomic E-state index is 0.190. The second-order valence-electron chi connectivity index (χ2n) is 8.61. The zero-order chi connectivity index (χ0) is 25.7. The first kappa shape index (κ1) is 25.6. The number of anilines is 3. The van der Waals surface area contributed by atoms with Crippen LogP contribution in [0.15, 0.2) is 22.7 Å². The highest BCUT2D eigenvalue weighted by Gasteiger charge is 2.42. The van der Waals surface area contributed by atoms with Gasteiger partial charge in [-0.3, -0.25) is 4.79 Å². The number of carbonyl (C=O) groups is 2. The summed E-state index contributed by atoms with van der Waals surface area (Å²) < 4.78 is 51.2. The number of carbonyl (C=O) groups excluding carboxylic acids is 2. The van der Waals surface area contributed by atoms with Gasteiger partial charge in [0.05, 0.1) is 18.5 Å². The second-order valence-corrected chi connectivity index (χ2v) is 8.61. The molecule has 4 rings (SSSR count). The Kier molecular flexibility index (Phi) is 7.85. The largest absolute Gasteiger partial charge is 0.450 e. The molecule has 10 nitrogen and oxygen atoms in total. The van der Waals surface area contributed by atoms with Crippen molar-refractivity contribution in [1.29, 1.82) is 0 Å². The van der Waals surface area contributed by atoms with Crippen LogP contribution in [0.1, 0.15) is 48.9 Å². The Hall–Kier alpha value is -3.51. The molecular formula is C23H29F3N6O4. The van der Waals surface area contributed by atoms with Crippen LogP contribution in [0.2, 0.25) is 0 Å². The van der Waals surface area contributed by atoms with Crippen LogP contribution < -0.4 is 15.1 Å². The van der Waals surface area contributed by atoms with E-state index in [2.05, 4.69) is 15.3 Å². The number of nitrogens with zero attached hydrogens (tertiary/aromatic N) is 5. The van der Waals surface area contributed by atoms with E-state index < -0.39 is 23.5 Å². The Bertz CT molecular complexity index is 1040. The maximum atomic E-state index is 13.6. The summed E-state index contributed by atoms with van der Waals surface area (Å²) in [4.78, 5) is 37.8. The summed E-state index contributed by atoms with van der Waals surface area (Å²) >= 11 is 0. The Morgan fingerprint density at radius 1 is 1.03 bits per heavy atom. The van der Waals surface area contributed by atoms with Gasteiger partial charge >= 0.3 is 12.3 Å². The molecule has 196 valence electrons. The highest BCUT2D eigenvalue weighted by molar-refractivity contribution is 6.03. The molecule has 4 heterocycles. The number of rotatable bonds is 5. The summed E-state index contributed by atoms with van der Waals surface area (Å²) in [6.45, 7) is 5.16. The van der Waals surface area contributed by atoms with Crippen LogP contribution in [0.3, 0.4) is 0 Å². The fraction of sp³-hybridized carbons (Fsp3) is 0.565. The molecular weight excluding hydrogens is 481 g/mol. The first-order valence-electron chi connectivity index (χ1n) is 12.0. The molecule has 2 aliphatic heterocycles. The highest BCUT2D eigenvalue weighted by atomic mass is 19.4. The number of nitrogens with one attached hydrogen (secondary N) is 1. The third kappa shape index (κ3) is 6.00. The van der Waals surface area contributed by atoms with Gasteiger partial charge in [0.2, 0.25) is 5.76 Å². The minimum atomic E-state index is -4.84. The minimum Gasteiger partial charge on any atom is -0.450 e. The standard InChI is InChI=1S/C23H29F3N6O4/c1-2-35-22(34)32-13-11-30(12-14-32)17-8-7-16(15-27-17)28-20(33)18-19(23(24,25)26)29-21(36-18)31-9-5-3-4-6-10-31/h7-8,15H,2-6,9-14H2,1H3,(H,28,33). The van der Waals surface area contributed by atoms with Gasteiger partial charge in [-0.1, -0.05) is 12.8 Å². The van der Waals surface area contributed by atoms with E-state index in [0.29, 0.717) is 51.7 Å². The van der Waals surface area contributed by atoms with Crippen molar-refractivity contribution in [3.8, 4) is 0 Å². The number of oxazole rings is 1. The highest BCUT2D eigenvalue weighted by Crippen LogP contribution is 2.35. The molecule has 2 amide bonds. The van der Waals surface area contributed by atoms with Gasteiger partial charge in [0.25, 0.3) is 11.9 Å². The molecule has 0 atom stereocenters. The van der Waals surface area contributed by atoms with Crippen LogP contribution in [0.5, 0.6) is 0 Å². The van der Waals surface area contributed by atoms with E-state index in [4.69, 9.17) is 9.15 Å². The number of amides is 2. The summed E-state index contributed by atoms with van der Waals surface area (Å²) in [5.41, 5.74) is -1.13. The number of ether oxygens (including phenoxy) is 1. The maximum Gasteiger partial charge on any atom is 0.437 e. The van der Waals surface area contributed by atoms with Gasteiger partial charge in [-0.25, -0.2) is 9.78 Å². The SMILES string of the molecule is CCOC(=O)N1CCN(c2ccc(NC(=O)c3oc(N4CCCCCC4)nc3C(F)(F)F)cn2)CC1. The van der Waals surface area contributed by atoms with E-state index >= 15 is 0 Å². The average molecular weight is 511 g/mol. The average Bonchev–Trinajstić information content (AvgIpc) is 3.15. The number of hydrogen-bond donors (Lipinski definition) is 1. The van der Waals surface area contributed by atoms with Crippen molar-refractivity contribution in [3.05, 3.63) is 29.8 Å². The second kappa shape index (κ2) is 11.0. The van der Waals surface area contributed by atoms with Crippen LogP contribution >= 0.6 is 0 Å². The maximum absolute atomic E-state index is 13.6. The van der Waals surface area contributed by atoms with Crippen molar-refractivity contribution in [2.24, 2.45) is 0 Å². The Balaban J connectivity index is 1.42. The number of hydrogen-bond acceptors (Lipinski definition) is 8. The summed E-state index contributed by atoms with van der Waals surface area (Å²) in [5.74, 6) is -1.30. The zero-order valence-corrected chi connectivity index (χ0v) is 20.0. The van der Waals surface area contributed by atoms with E-state index in [1.165, 1.54) is 6.20 Å². The summed E-state index contributed by atoms with van der Waals surface area (Å²) in [7, 11) is 0. The Labute approximate surface area is 206 Å². The first-order chi connectivity index (χ1) is 17.3. The van der Waals surface area contributed by atoms with Crippen LogP contribution in [0.4, 0.5) is 35.5 Å². The molecule has 2 fully saturated rings. The van der Waals surface area contributed by atoms with Crippen molar-refractivity contribution in [2.45, 2.75) is 38.8 Å². The lowest BCUT2D eigenvalue weighted by Gasteiger charge is -2.34. The molecule has 13 heteroatoms. The molecule has 0 spiro atoms. The van der Waals surface area contributed by atoms with Crippen molar-refractivity contribution in [3.63, 3.8) is 0 Å². The number of halogens is 3. The van der Waals surface area contributed by atoms with Crippen LogP contribution in [0.25, 0.3) is 0 Å². The molecule has 0 aromatic carbocycles. The van der Waals surface area contributed by atoms with Gasteiger partial charge in [0.1, 0.15) is 5.82 Å². The van der Waals surface area contributed by atoms with Gasteiger partial charge in [-0.2, -0.15) is 18.2 Å². The fourth-order valence-corrected chi connectivity index (χ4v) is 4.22. The molecule has 2 aromatic rings.